The molecule has 1 N–H and O–H groups in total. The zero-order valence-corrected chi connectivity index (χ0v) is 17.7. The van der Waals surface area contributed by atoms with Crippen molar-refractivity contribution in [3.63, 3.8) is 0 Å². The Morgan fingerprint density at radius 1 is 1.21 bits per heavy atom. The van der Waals surface area contributed by atoms with Gasteiger partial charge in [0, 0.05) is 5.02 Å². The SMILES string of the molecule is CCCCOC(=O)c1ccc2nc(NC(=O)COc3ccc(Cl)c(C)c3)sc2c1. The molecule has 0 spiro atoms. The third-order valence-corrected chi connectivity index (χ3v) is 5.46. The van der Waals surface area contributed by atoms with E-state index in [1.165, 1.54) is 11.3 Å². The quantitative estimate of drug-likeness (QED) is 0.389. The van der Waals surface area contributed by atoms with Gasteiger partial charge in [0.2, 0.25) is 0 Å². The number of unbranched alkanes of at least 4 members (excludes halogenated alkanes) is 1. The number of benzene rings is 2. The third-order valence-electron chi connectivity index (χ3n) is 4.10. The van der Waals surface area contributed by atoms with Crippen LogP contribution in [-0.4, -0.2) is 30.1 Å². The molecule has 1 aromatic heterocycles. The number of carbonyl (C=O) groups excluding carboxylic acids is 2. The van der Waals surface area contributed by atoms with E-state index < -0.39 is 0 Å². The summed E-state index contributed by atoms with van der Waals surface area (Å²) in [5.74, 6) is -0.112. The molecule has 0 saturated heterocycles. The number of thiazole rings is 1. The summed E-state index contributed by atoms with van der Waals surface area (Å²) in [5, 5.41) is 3.80. The van der Waals surface area contributed by atoms with Crippen LogP contribution in [0.15, 0.2) is 36.4 Å². The minimum atomic E-state index is -0.356. The Bertz CT molecular complexity index is 1030. The average Bonchev–Trinajstić information content (AvgIpc) is 3.10. The fraction of sp³-hybridized carbons (Fsp3) is 0.286. The maximum absolute atomic E-state index is 12.2. The van der Waals surface area contributed by atoms with Crippen LogP contribution in [0.3, 0.4) is 0 Å². The minimum absolute atomic E-state index is 0.147. The number of amides is 1. The molecule has 0 aliphatic heterocycles. The molecule has 0 aliphatic carbocycles. The van der Waals surface area contributed by atoms with Crippen molar-refractivity contribution in [3.8, 4) is 5.75 Å². The predicted molar refractivity (Wildman–Crippen MR) is 115 cm³/mol. The van der Waals surface area contributed by atoms with Gasteiger partial charge in [-0.2, -0.15) is 0 Å². The maximum Gasteiger partial charge on any atom is 0.338 e. The first-order valence-corrected chi connectivity index (χ1v) is 10.4. The van der Waals surface area contributed by atoms with Gasteiger partial charge in [0.1, 0.15) is 5.75 Å². The molecule has 0 atom stereocenters. The van der Waals surface area contributed by atoms with Crippen molar-refractivity contribution < 1.29 is 19.1 Å². The lowest BCUT2D eigenvalue weighted by atomic mass is 10.2. The monoisotopic (exact) mass is 432 g/mol. The molecule has 3 rings (SSSR count). The van der Waals surface area contributed by atoms with Crippen molar-refractivity contribution in [2.75, 3.05) is 18.5 Å². The largest absolute Gasteiger partial charge is 0.484 e. The summed E-state index contributed by atoms with van der Waals surface area (Å²) >= 11 is 7.27. The second kappa shape index (κ2) is 9.71. The Labute approximate surface area is 177 Å². The van der Waals surface area contributed by atoms with E-state index >= 15 is 0 Å². The minimum Gasteiger partial charge on any atom is -0.484 e. The first-order valence-electron chi connectivity index (χ1n) is 9.23. The summed E-state index contributed by atoms with van der Waals surface area (Å²) in [6.45, 7) is 4.16. The number of aryl methyl sites for hydroxylation is 1. The van der Waals surface area contributed by atoms with E-state index in [1.54, 1.807) is 36.4 Å². The van der Waals surface area contributed by atoms with Crippen molar-refractivity contribution >= 4 is 50.2 Å². The van der Waals surface area contributed by atoms with Crippen molar-refractivity contribution in [3.05, 3.63) is 52.5 Å². The Morgan fingerprint density at radius 3 is 2.79 bits per heavy atom. The second-order valence-corrected chi connectivity index (χ2v) is 7.88. The van der Waals surface area contributed by atoms with E-state index in [1.807, 2.05) is 13.8 Å². The smallest absolute Gasteiger partial charge is 0.338 e. The van der Waals surface area contributed by atoms with Crippen LogP contribution in [0.25, 0.3) is 10.2 Å². The molecule has 1 heterocycles. The van der Waals surface area contributed by atoms with Gasteiger partial charge in [0.25, 0.3) is 5.91 Å². The fourth-order valence-electron chi connectivity index (χ4n) is 2.51. The maximum atomic E-state index is 12.2. The number of anilines is 1. The lowest BCUT2D eigenvalue weighted by molar-refractivity contribution is -0.118. The normalized spacial score (nSPS) is 10.7. The van der Waals surface area contributed by atoms with Crippen LogP contribution in [0.4, 0.5) is 5.13 Å². The molecular formula is C21H21ClN2O4S. The van der Waals surface area contributed by atoms with Gasteiger partial charge in [-0.25, -0.2) is 9.78 Å². The van der Waals surface area contributed by atoms with Crippen molar-refractivity contribution in [1.29, 1.82) is 0 Å². The molecule has 152 valence electrons. The Kier molecular flexibility index (Phi) is 7.06. The Balaban J connectivity index is 1.60. The number of fused-ring (bicyclic) bond motifs is 1. The van der Waals surface area contributed by atoms with E-state index in [9.17, 15) is 9.59 Å². The number of hydrogen-bond acceptors (Lipinski definition) is 6. The van der Waals surface area contributed by atoms with E-state index in [0.29, 0.717) is 33.6 Å². The molecule has 0 bridgehead atoms. The highest BCUT2D eigenvalue weighted by molar-refractivity contribution is 7.22. The van der Waals surface area contributed by atoms with E-state index in [-0.39, 0.29) is 18.5 Å². The highest BCUT2D eigenvalue weighted by Crippen LogP contribution is 2.27. The highest BCUT2D eigenvalue weighted by atomic mass is 35.5. The van der Waals surface area contributed by atoms with Gasteiger partial charge in [-0.05, 0) is 55.3 Å². The van der Waals surface area contributed by atoms with Crippen molar-refractivity contribution in [1.82, 2.24) is 4.98 Å². The topological polar surface area (TPSA) is 77.5 Å². The third kappa shape index (κ3) is 5.68. The molecule has 0 fully saturated rings. The predicted octanol–water partition coefficient (Wildman–Crippen LogP) is 5.23. The van der Waals surface area contributed by atoms with Crippen LogP contribution in [0, 0.1) is 6.92 Å². The molecule has 6 nitrogen and oxygen atoms in total. The van der Waals surface area contributed by atoms with Crippen LogP contribution in [-0.2, 0) is 9.53 Å². The molecule has 8 heteroatoms. The molecule has 2 aromatic carbocycles. The van der Waals surface area contributed by atoms with Crippen LogP contribution >= 0.6 is 22.9 Å². The number of esters is 1. The zero-order valence-electron chi connectivity index (χ0n) is 16.2. The first-order chi connectivity index (χ1) is 14.0. The second-order valence-electron chi connectivity index (χ2n) is 6.44. The zero-order chi connectivity index (χ0) is 20.8. The molecule has 0 radical (unpaired) electrons. The van der Waals surface area contributed by atoms with Crippen LogP contribution in [0.2, 0.25) is 5.02 Å². The van der Waals surface area contributed by atoms with Gasteiger partial charge >= 0.3 is 5.97 Å². The van der Waals surface area contributed by atoms with Crippen LogP contribution in [0.5, 0.6) is 5.75 Å². The molecule has 3 aromatic rings. The van der Waals surface area contributed by atoms with Crippen molar-refractivity contribution in [2.45, 2.75) is 26.7 Å². The van der Waals surface area contributed by atoms with Gasteiger partial charge < -0.3 is 9.47 Å². The number of nitrogens with zero attached hydrogens (tertiary/aromatic N) is 1. The Morgan fingerprint density at radius 2 is 2.03 bits per heavy atom. The number of nitrogens with one attached hydrogen (secondary N) is 1. The number of carbonyl (C=O) groups is 2. The average molecular weight is 433 g/mol. The van der Waals surface area contributed by atoms with E-state index in [2.05, 4.69) is 10.3 Å². The van der Waals surface area contributed by atoms with Gasteiger partial charge in [-0.3, -0.25) is 10.1 Å². The van der Waals surface area contributed by atoms with Crippen LogP contribution in [0.1, 0.15) is 35.7 Å². The lowest BCUT2D eigenvalue weighted by Gasteiger charge is -2.07. The molecule has 0 saturated carbocycles. The lowest BCUT2D eigenvalue weighted by Crippen LogP contribution is -2.20. The number of halogens is 1. The Hall–Kier alpha value is -2.64. The summed E-state index contributed by atoms with van der Waals surface area (Å²) in [4.78, 5) is 28.6. The van der Waals surface area contributed by atoms with Crippen molar-refractivity contribution in [2.24, 2.45) is 0 Å². The van der Waals surface area contributed by atoms with Gasteiger partial charge in [0.05, 0.1) is 22.4 Å². The summed E-state index contributed by atoms with van der Waals surface area (Å²) in [5.41, 5.74) is 2.04. The summed E-state index contributed by atoms with van der Waals surface area (Å²) < 4.78 is 11.5. The highest BCUT2D eigenvalue weighted by Gasteiger charge is 2.12. The molecular weight excluding hydrogens is 412 g/mol. The summed E-state index contributed by atoms with van der Waals surface area (Å²) in [7, 11) is 0. The number of rotatable bonds is 8. The van der Waals surface area contributed by atoms with Gasteiger partial charge in [0.15, 0.2) is 11.7 Å². The first kappa shape index (κ1) is 21.1. The fourth-order valence-corrected chi connectivity index (χ4v) is 3.55. The van der Waals surface area contributed by atoms with Crippen LogP contribution < -0.4 is 10.1 Å². The summed E-state index contributed by atoms with van der Waals surface area (Å²) in [6, 6.07) is 10.3. The van der Waals surface area contributed by atoms with E-state index in [0.717, 1.165) is 23.1 Å². The molecule has 1 amide bonds. The number of ether oxygens (including phenoxy) is 2. The molecule has 0 aliphatic rings. The standard InChI is InChI=1S/C21H21ClN2O4S/c1-3-4-9-27-20(26)14-5-8-17-18(11-14)29-21(23-17)24-19(25)12-28-15-6-7-16(22)13(2)10-15/h5-8,10-11H,3-4,9,12H2,1-2H3,(H,23,24,25). The number of hydrogen-bond donors (Lipinski definition) is 1. The molecule has 0 unspecified atom stereocenters. The van der Waals surface area contributed by atoms with E-state index in [4.69, 9.17) is 21.1 Å². The van der Waals surface area contributed by atoms with Gasteiger partial charge in [-0.1, -0.05) is 36.3 Å². The van der Waals surface area contributed by atoms with Gasteiger partial charge in [-0.15, -0.1) is 0 Å². The molecule has 29 heavy (non-hydrogen) atoms. The summed E-state index contributed by atoms with van der Waals surface area (Å²) in [6.07, 6.45) is 1.80. The number of aromatic nitrogens is 1.